The number of amides is 1. The first-order chi connectivity index (χ1) is 8.13. The molecule has 6 heteroatoms. The van der Waals surface area contributed by atoms with Crippen LogP contribution in [0.25, 0.3) is 0 Å². The van der Waals surface area contributed by atoms with Crippen LogP contribution in [0.1, 0.15) is 23.7 Å². The number of pyridine rings is 1. The van der Waals surface area contributed by atoms with E-state index in [1.54, 1.807) is 6.92 Å². The van der Waals surface area contributed by atoms with Crippen molar-refractivity contribution in [3.05, 3.63) is 29.8 Å². The average molecular weight is 240 g/mol. The van der Waals surface area contributed by atoms with Gasteiger partial charge in [-0.3, -0.25) is 14.6 Å². The molecule has 1 aromatic heterocycles. The van der Waals surface area contributed by atoms with Crippen LogP contribution in [-0.4, -0.2) is 30.0 Å². The van der Waals surface area contributed by atoms with E-state index >= 15 is 0 Å². The second-order valence-electron chi connectivity index (χ2n) is 3.20. The van der Waals surface area contributed by atoms with Gasteiger partial charge in [0.1, 0.15) is 5.82 Å². The Morgan fingerprint density at radius 3 is 2.88 bits per heavy atom. The van der Waals surface area contributed by atoms with Gasteiger partial charge in [-0.25, -0.2) is 4.39 Å². The van der Waals surface area contributed by atoms with Crippen LogP contribution in [0.4, 0.5) is 4.39 Å². The molecule has 0 aliphatic heterocycles. The van der Waals surface area contributed by atoms with E-state index in [4.69, 9.17) is 0 Å². The lowest BCUT2D eigenvalue weighted by Crippen LogP contribution is -2.26. The van der Waals surface area contributed by atoms with E-state index in [9.17, 15) is 14.0 Å². The Kier molecular flexibility index (Phi) is 5.06. The van der Waals surface area contributed by atoms with Crippen molar-refractivity contribution in [2.45, 2.75) is 13.3 Å². The molecule has 0 unspecified atom stereocenters. The number of esters is 1. The molecular formula is C11H13FN2O3. The first-order valence-electron chi connectivity index (χ1n) is 5.18. The van der Waals surface area contributed by atoms with Crippen molar-refractivity contribution in [1.82, 2.24) is 10.3 Å². The normalized spacial score (nSPS) is 9.76. The summed E-state index contributed by atoms with van der Waals surface area (Å²) in [4.78, 5) is 26.0. The lowest BCUT2D eigenvalue weighted by molar-refractivity contribution is -0.142. The summed E-state index contributed by atoms with van der Waals surface area (Å²) < 4.78 is 17.4. The molecule has 92 valence electrons. The Morgan fingerprint density at radius 1 is 1.47 bits per heavy atom. The van der Waals surface area contributed by atoms with Crippen molar-refractivity contribution in [3.8, 4) is 0 Å². The predicted molar refractivity (Wildman–Crippen MR) is 57.8 cm³/mol. The molecule has 5 nitrogen and oxygen atoms in total. The number of nitrogens with zero attached hydrogens (tertiary/aromatic N) is 1. The molecule has 0 saturated carbocycles. The maximum atomic E-state index is 12.8. The fourth-order valence-electron chi connectivity index (χ4n) is 1.15. The molecule has 1 heterocycles. The summed E-state index contributed by atoms with van der Waals surface area (Å²) in [6.45, 7) is 2.16. The van der Waals surface area contributed by atoms with Crippen LogP contribution in [0.5, 0.6) is 0 Å². The molecule has 0 aliphatic rings. The van der Waals surface area contributed by atoms with Crippen molar-refractivity contribution < 1.29 is 18.7 Å². The second-order valence-corrected chi connectivity index (χ2v) is 3.20. The number of halogens is 1. The van der Waals surface area contributed by atoms with Gasteiger partial charge in [0.05, 0.1) is 24.8 Å². The summed E-state index contributed by atoms with van der Waals surface area (Å²) in [5.41, 5.74) is 0.119. The molecule has 0 radical (unpaired) electrons. The number of hydrogen-bond donors (Lipinski definition) is 1. The number of nitrogens with one attached hydrogen (secondary N) is 1. The molecule has 0 fully saturated rings. The predicted octanol–water partition coefficient (Wildman–Crippen LogP) is 0.904. The summed E-state index contributed by atoms with van der Waals surface area (Å²) in [6.07, 6.45) is 2.35. The maximum absolute atomic E-state index is 12.8. The van der Waals surface area contributed by atoms with Gasteiger partial charge < -0.3 is 10.1 Å². The van der Waals surface area contributed by atoms with Crippen LogP contribution in [-0.2, 0) is 9.53 Å². The minimum atomic E-state index is -0.581. The minimum Gasteiger partial charge on any atom is -0.466 e. The number of ether oxygens (including phenoxy) is 1. The molecule has 0 atom stereocenters. The van der Waals surface area contributed by atoms with Gasteiger partial charge in [-0.15, -0.1) is 0 Å². The first-order valence-corrected chi connectivity index (χ1v) is 5.18. The number of hydrogen-bond acceptors (Lipinski definition) is 4. The first kappa shape index (κ1) is 13.1. The van der Waals surface area contributed by atoms with E-state index in [0.717, 1.165) is 12.3 Å². The third-order valence-electron chi connectivity index (χ3n) is 1.89. The molecule has 0 aliphatic carbocycles. The molecule has 1 amide bonds. The standard InChI is InChI=1S/C11H13FN2O3/c1-2-17-10(15)3-4-14-11(16)8-5-9(12)7-13-6-8/h5-7H,2-4H2,1H3,(H,14,16). The van der Waals surface area contributed by atoms with E-state index in [1.165, 1.54) is 6.20 Å². The zero-order valence-electron chi connectivity index (χ0n) is 9.40. The Labute approximate surface area is 98.0 Å². The number of aromatic nitrogens is 1. The van der Waals surface area contributed by atoms with Crippen LogP contribution < -0.4 is 5.32 Å². The lowest BCUT2D eigenvalue weighted by Gasteiger charge is -2.04. The minimum absolute atomic E-state index is 0.0856. The van der Waals surface area contributed by atoms with Crippen LogP contribution in [0.15, 0.2) is 18.5 Å². The van der Waals surface area contributed by atoms with Crippen LogP contribution in [0.3, 0.4) is 0 Å². The monoisotopic (exact) mass is 240 g/mol. The molecule has 1 rings (SSSR count). The summed E-state index contributed by atoms with van der Waals surface area (Å²) in [5.74, 6) is -1.44. The Bertz CT molecular complexity index is 409. The van der Waals surface area contributed by atoms with Crippen LogP contribution in [0.2, 0.25) is 0 Å². The van der Waals surface area contributed by atoms with Crippen LogP contribution >= 0.6 is 0 Å². The summed E-state index contributed by atoms with van der Waals surface area (Å²) >= 11 is 0. The van der Waals surface area contributed by atoms with E-state index < -0.39 is 11.7 Å². The third-order valence-corrected chi connectivity index (χ3v) is 1.89. The van der Waals surface area contributed by atoms with Gasteiger partial charge in [0.2, 0.25) is 0 Å². The topological polar surface area (TPSA) is 68.3 Å². The fourth-order valence-corrected chi connectivity index (χ4v) is 1.15. The quantitative estimate of drug-likeness (QED) is 0.776. The zero-order valence-corrected chi connectivity index (χ0v) is 9.40. The summed E-state index contributed by atoms with van der Waals surface area (Å²) in [7, 11) is 0. The van der Waals surface area contributed by atoms with Gasteiger partial charge >= 0.3 is 5.97 Å². The Morgan fingerprint density at radius 2 is 2.24 bits per heavy atom. The summed E-state index contributed by atoms with van der Waals surface area (Å²) in [6, 6.07) is 1.08. The largest absolute Gasteiger partial charge is 0.466 e. The second kappa shape index (κ2) is 6.57. The molecule has 1 aromatic rings. The molecular weight excluding hydrogens is 227 g/mol. The van der Waals surface area contributed by atoms with Gasteiger partial charge in [0.15, 0.2) is 0 Å². The van der Waals surface area contributed by atoms with Gasteiger partial charge in [0.25, 0.3) is 5.91 Å². The van der Waals surface area contributed by atoms with E-state index in [-0.39, 0.29) is 24.5 Å². The summed E-state index contributed by atoms with van der Waals surface area (Å²) in [5, 5.41) is 2.47. The highest BCUT2D eigenvalue weighted by Crippen LogP contribution is 2.00. The molecule has 1 N–H and O–H groups in total. The highest BCUT2D eigenvalue weighted by molar-refractivity contribution is 5.94. The number of carbonyl (C=O) groups excluding carboxylic acids is 2. The maximum Gasteiger partial charge on any atom is 0.307 e. The fraction of sp³-hybridized carbons (Fsp3) is 0.364. The molecule has 0 aromatic carbocycles. The number of rotatable bonds is 5. The Hall–Kier alpha value is -1.98. The van der Waals surface area contributed by atoms with Gasteiger partial charge in [-0.1, -0.05) is 0 Å². The van der Waals surface area contributed by atoms with Crippen molar-refractivity contribution in [3.63, 3.8) is 0 Å². The van der Waals surface area contributed by atoms with Crippen LogP contribution in [0, 0.1) is 5.82 Å². The van der Waals surface area contributed by atoms with E-state index in [1.807, 2.05) is 0 Å². The van der Waals surface area contributed by atoms with Gasteiger partial charge in [-0.05, 0) is 13.0 Å². The molecule has 17 heavy (non-hydrogen) atoms. The van der Waals surface area contributed by atoms with Crippen molar-refractivity contribution >= 4 is 11.9 Å². The smallest absolute Gasteiger partial charge is 0.307 e. The highest BCUT2D eigenvalue weighted by Gasteiger charge is 2.08. The third kappa shape index (κ3) is 4.58. The highest BCUT2D eigenvalue weighted by atomic mass is 19.1. The number of carbonyl (C=O) groups is 2. The van der Waals surface area contributed by atoms with Gasteiger partial charge in [0, 0.05) is 12.7 Å². The van der Waals surface area contributed by atoms with Crippen molar-refractivity contribution in [2.75, 3.05) is 13.2 Å². The van der Waals surface area contributed by atoms with Crippen molar-refractivity contribution in [1.29, 1.82) is 0 Å². The Balaban J connectivity index is 2.38. The molecule has 0 saturated heterocycles. The van der Waals surface area contributed by atoms with Crippen molar-refractivity contribution in [2.24, 2.45) is 0 Å². The average Bonchev–Trinajstić information content (AvgIpc) is 2.29. The van der Waals surface area contributed by atoms with E-state index in [2.05, 4.69) is 15.0 Å². The van der Waals surface area contributed by atoms with Gasteiger partial charge in [-0.2, -0.15) is 0 Å². The SMILES string of the molecule is CCOC(=O)CCNC(=O)c1cncc(F)c1. The lowest BCUT2D eigenvalue weighted by atomic mass is 10.2. The molecule has 0 bridgehead atoms. The molecule has 0 spiro atoms. The zero-order chi connectivity index (χ0) is 12.7. The van der Waals surface area contributed by atoms with E-state index in [0.29, 0.717) is 6.61 Å².